The van der Waals surface area contributed by atoms with Crippen molar-refractivity contribution in [1.82, 2.24) is 0 Å². The van der Waals surface area contributed by atoms with Gasteiger partial charge in [0.25, 0.3) is 0 Å². The van der Waals surface area contributed by atoms with E-state index in [4.69, 9.17) is 5.26 Å². The Kier molecular flexibility index (Phi) is 2.73. The molecule has 0 amide bonds. The summed E-state index contributed by atoms with van der Waals surface area (Å²) in [6.45, 7) is 5.23. The Morgan fingerprint density at radius 1 is 1.24 bits per heavy atom. The number of nitriles is 1. The minimum atomic E-state index is -1.13. The van der Waals surface area contributed by atoms with Crippen molar-refractivity contribution < 1.29 is 5.11 Å². The molecule has 3 heteroatoms. The maximum absolute atomic E-state index is 10.6. The summed E-state index contributed by atoms with van der Waals surface area (Å²) in [5, 5.41) is 20.9. The Morgan fingerprint density at radius 3 is 2.47 bits per heavy atom. The summed E-state index contributed by atoms with van der Waals surface area (Å²) in [6.07, 6.45) is 0. The van der Waals surface area contributed by atoms with Crippen LogP contribution in [0.1, 0.15) is 25.6 Å². The third kappa shape index (κ3) is 1.84. The average molecular weight is 245 g/mol. The molecule has 0 bridgehead atoms. The number of fused-ring (bicyclic) bond motifs is 1. The monoisotopic (exact) mass is 245 g/mol. The molecule has 0 radical (unpaired) electrons. The van der Waals surface area contributed by atoms with E-state index in [1.54, 1.807) is 32.1 Å². The van der Waals surface area contributed by atoms with Gasteiger partial charge in [-0.15, -0.1) is 11.3 Å². The summed E-state index contributed by atoms with van der Waals surface area (Å²) in [5.41, 5.74) is -1.95. The number of thiophene rings is 1. The predicted octanol–water partition coefficient (Wildman–Crippen LogP) is 3.66. The number of hydrogen-bond donors (Lipinski definition) is 1. The molecule has 2 aromatic rings. The van der Waals surface area contributed by atoms with Gasteiger partial charge in [-0.3, -0.25) is 0 Å². The van der Waals surface area contributed by atoms with Gasteiger partial charge in [0, 0.05) is 9.58 Å². The summed E-state index contributed by atoms with van der Waals surface area (Å²) in [6, 6.07) is 12.2. The lowest BCUT2D eigenvalue weighted by atomic mass is 9.76. The molecule has 0 aliphatic rings. The highest BCUT2D eigenvalue weighted by Crippen LogP contribution is 2.43. The first-order chi connectivity index (χ1) is 7.88. The molecule has 1 N–H and O–H groups in total. The molecular weight excluding hydrogens is 230 g/mol. The number of rotatable bonds is 2. The van der Waals surface area contributed by atoms with Crippen LogP contribution in [0.15, 0.2) is 30.3 Å². The quantitative estimate of drug-likeness (QED) is 0.877. The first-order valence-corrected chi connectivity index (χ1v) is 6.33. The Morgan fingerprint density at radius 2 is 1.88 bits per heavy atom. The smallest absolute Gasteiger partial charge is 0.114 e. The predicted molar refractivity (Wildman–Crippen MR) is 70.8 cm³/mol. The second kappa shape index (κ2) is 3.83. The topological polar surface area (TPSA) is 44.0 Å². The van der Waals surface area contributed by atoms with Gasteiger partial charge in [-0.1, -0.05) is 18.2 Å². The van der Waals surface area contributed by atoms with E-state index in [-0.39, 0.29) is 0 Å². The summed E-state index contributed by atoms with van der Waals surface area (Å²) in [4.78, 5) is 0.838. The molecule has 1 unspecified atom stereocenters. The molecular formula is C14H15NOS. The summed E-state index contributed by atoms with van der Waals surface area (Å²) in [7, 11) is 0. The zero-order valence-electron chi connectivity index (χ0n) is 10.2. The van der Waals surface area contributed by atoms with Gasteiger partial charge in [-0.05, 0) is 38.3 Å². The molecule has 0 spiro atoms. The molecule has 1 heterocycles. The van der Waals surface area contributed by atoms with Gasteiger partial charge in [0.2, 0.25) is 0 Å². The average Bonchev–Trinajstić information content (AvgIpc) is 2.72. The molecule has 0 aliphatic heterocycles. The van der Waals surface area contributed by atoms with Gasteiger partial charge in [-0.25, -0.2) is 0 Å². The Labute approximate surface area is 105 Å². The highest BCUT2D eigenvalue weighted by atomic mass is 32.1. The number of aliphatic hydroxyl groups is 1. The lowest BCUT2D eigenvalue weighted by molar-refractivity contribution is -0.0233. The molecule has 2 nitrogen and oxygen atoms in total. The van der Waals surface area contributed by atoms with Crippen LogP contribution in [0.25, 0.3) is 10.1 Å². The fraction of sp³-hybridized carbons (Fsp3) is 0.357. The zero-order chi connectivity index (χ0) is 12.7. The van der Waals surface area contributed by atoms with E-state index in [1.807, 2.05) is 30.3 Å². The van der Waals surface area contributed by atoms with Crippen LogP contribution in [0, 0.1) is 16.7 Å². The third-order valence-electron chi connectivity index (χ3n) is 3.40. The van der Waals surface area contributed by atoms with Crippen molar-refractivity contribution in [2.45, 2.75) is 26.4 Å². The fourth-order valence-electron chi connectivity index (χ4n) is 1.64. The molecule has 0 saturated carbocycles. The molecule has 1 aromatic carbocycles. The maximum atomic E-state index is 10.6. The second-order valence-corrected chi connectivity index (χ2v) is 6.04. The third-order valence-corrected chi connectivity index (χ3v) is 4.73. The summed E-state index contributed by atoms with van der Waals surface area (Å²) in [5.74, 6) is 0. The fourth-order valence-corrected chi connectivity index (χ4v) is 2.91. The van der Waals surface area contributed by atoms with Crippen LogP contribution in [0.5, 0.6) is 0 Å². The normalized spacial score (nSPS) is 15.5. The van der Waals surface area contributed by atoms with Crippen molar-refractivity contribution in [2.75, 3.05) is 0 Å². The van der Waals surface area contributed by atoms with Crippen LogP contribution < -0.4 is 0 Å². The van der Waals surface area contributed by atoms with E-state index in [1.165, 1.54) is 0 Å². The van der Waals surface area contributed by atoms with Gasteiger partial charge in [0.1, 0.15) is 5.60 Å². The highest BCUT2D eigenvalue weighted by Gasteiger charge is 2.42. The van der Waals surface area contributed by atoms with Crippen LogP contribution in [-0.2, 0) is 5.60 Å². The number of nitrogens with zero attached hydrogens (tertiary/aromatic N) is 1. The summed E-state index contributed by atoms with van der Waals surface area (Å²) < 4.78 is 1.14. The van der Waals surface area contributed by atoms with Gasteiger partial charge < -0.3 is 5.11 Å². The summed E-state index contributed by atoms with van der Waals surface area (Å²) >= 11 is 1.55. The van der Waals surface area contributed by atoms with Crippen molar-refractivity contribution in [3.05, 3.63) is 35.2 Å². The van der Waals surface area contributed by atoms with E-state index in [0.717, 1.165) is 15.0 Å². The van der Waals surface area contributed by atoms with E-state index < -0.39 is 11.0 Å². The van der Waals surface area contributed by atoms with E-state index >= 15 is 0 Å². The zero-order valence-corrected chi connectivity index (χ0v) is 11.0. The minimum absolute atomic E-state index is 0.812. The van der Waals surface area contributed by atoms with Crippen LogP contribution in [0.3, 0.4) is 0 Å². The Hall–Kier alpha value is -1.37. The molecule has 88 valence electrons. The van der Waals surface area contributed by atoms with Gasteiger partial charge in [0.15, 0.2) is 0 Å². The van der Waals surface area contributed by atoms with E-state index in [0.29, 0.717) is 0 Å². The van der Waals surface area contributed by atoms with Crippen molar-refractivity contribution in [3.8, 4) is 6.07 Å². The van der Waals surface area contributed by atoms with Crippen molar-refractivity contribution in [3.63, 3.8) is 0 Å². The lowest BCUT2D eigenvalue weighted by Crippen LogP contribution is -2.37. The van der Waals surface area contributed by atoms with Gasteiger partial charge in [0.05, 0.1) is 11.5 Å². The van der Waals surface area contributed by atoms with Crippen molar-refractivity contribution in [1.29, 1.82) is 5.26 Å². The second-order valence-electron chi connectivity index (χ2n) is 4.96. The highest BCUT2D eigenvalue weighted by molar-refractivity contribution is 7.19. The molecule has 0 saturated heterocycles. The van der Waals surface area contributed by atoms with Crippen LogP contribution in [-0.4, -0.2) is 5.11 Å². The first kappa shape index (κ1) is 12.1. The standard InChI is InChI=1S/C14H15NOS/c1-13(2,9-15)14(3,16)12-8-10-6-4-5-7-11(10)17-12/h4-8,16H,1-3H3. The van der Waals surface area contributed by atoms with Gasteiger partial charge >= 0.3 is 0 Å². The molecule has 2 rings (SSSR count). The molecule has 1 atom stereocenters. The van der Waals surface area contributed by atoms with E-state index in [9.17, 15) is 5.11 Å². The SMILES string of the molecule is CC(C)(C#N)C(C)(O)c1cc2ccccc2s1. The number of benzene rings is 1. The van der Waals surface area contributed by atoms with Crippen molar-refractivity contribution in [2.24, 2.45) is 5.41 Å². The molecule has 0 aliphatic carbocycles. The Balaban J connectivity index is 2.57. The minimum Gasteiger partial charge on any atom is -0.383 e. The van der Waals surface area contributed by atoms with Crippen LogP contribution >= 0.6 is 11.3 Å². The molecule has 17 heavy (non-hydrogen) atoms. The Bertz CT molecular complexity index is 557. The largest absolute Gasteiger partial charge is 0.383 e. The van der Waals surface area contributed by atoms with Crippen molar-refractivity contribution >= 4 is 21.4 Å². The van der Waals surface area contributed by atoms with Crippen LogP contribution in [0.2, 0.25) is 0 Å². The molecule has 1 aromatic heterocycles. The lowest BCUT2D eigenvalue weighted by Gasteiger charge is -2.33. The number of hydrogen-bond acceptors (Lipinski definition) is 3. The molecule has 0 fully saturated rings. The van der Waals surface area contributed by atoms with Crippen LogP contribution in [0.4, 0.5) is 0 Å². The maximum Gasteiger partial charge on any atom is 0.114 e. The first-order valence-electron chi connectivity index (χ1n) is 5.51. The van der Waals surface area contributed by atoms with Gasteiger partial charge in [-0.2, -0.15) is 5.26 Å². The van der Waals surface area contributed by atoms with E-state index in [2.05, 4.69) is 6.07 Å².